The Kier molecular flexibility index (Phi) is 9.36. The molecule has 6 rings (SSSR count). The van der Waals surface area contributed by atoms with Gasteiger partial charge < -0.3 is 0 Å². The Morgan fingerprint density at radius 1 is 0.551 bits per heavy atom. The summed E-state index contributed by atoms with van der Waals surface area (Å²) in [5.41, 5.74) is 1.51. The van der Waals surface area contributed by atoms with Gasteiger partial charge in [-0.1, -0.05) is 0 Å². The molecule has 0 fully saturated rings. The molecule has 0 unspecified atom stereocenters. The van der Waals surface area contributed by atoms with Crippen LogP contribution in [-0.2, 0) is 36.8 Å². The van der Waals surface area contributed by atoms with E-state index in [9.17, 15) is 16.8 Å². The molecule has 6 nitrogen and oxygen atoms in total. The Hall–Kier alpha value is -4.23. The average Bonchev–Trinajstić information content (AvgIpc) is 3.80. The summed E-state index contributed by atoms with van der Waals surface area (Å²) in [6.45, 7) is 3.48. The van der Waals surface area contributed by atoms with Crippen LogP contribution in [0.15, 0.2) is 127 Å². The van der Waals surface area contributed by atoms with Crippen molar-refractivity contribution in [2.75, 3.05) is 0 Å². The molecule has 0 aromatic heterocycles. The zero-order valence-electron chi connectivity index (χ0n) is 26.1. The molecule has 0 bridgehead atoms. The fourth-order valence-electron chi connectivity index (χ4n) is 6.05. The van der Waals surface area contributed by atoms with Crippen molar-refractivity contribution >= 4 is 28.0 Å². The van der Waals surface area contributed by atoms with Gasteiger partial charge in [-0.2, -0.15) is 0 Å². The summed E-state index contributed by atoms with van der Waals surface area (Å²) in [5.74, 6) is -7.02. The van der Waals surface area contributed by atoms with E-state index in [4.69, 9.17) is 8.37 Å². The van der Waals surface area contributed by atoms with Crippen molar-refractivity contribution in [3.05, 3.63) is 151 Å². The molecule has 0 saturated carbocycles. The van der Waals surface area contributed by atoms with Gasteiger partial charge in [0.2, 0.25) is 0 Å². The van der Waals surface area contributed by atoms with Crippen LogP contribution in [0.2, 0.25) is 0 Å². The molecule has 0 aliphatic heterocycles. The Morgan fingerprint density at radius 2 is 0.918 bits per heavy atom. The van der Waals surface area contributed by atoms with Crippen molar-refractivity contribution in [3.63, 3.8) is 0 Å². The second kappa shape index (κ2) is 13.2. The molecule has 13 heteroatoms. The predicted octanol–water partition coefficient (Wildman–Crippen LogP) is 7.19. The molecule has 0 spiro atoms. The van der Waals surface area contributed by atoms with Gasteiger partial charge in [0, 0.05) is 0 Å². The van der Waals surface area contributed by atoms with Gasteiger partial charge >= 0.3 is 287 Å². The molecule has 49 heavy (non-hydrogen) atoms. The van der Waals surface area contributed by atoms with Crippen molar-refractivity contribution in [1.29, 1.82) is 0 Å². The first-order valence-electron chi connectivity index (χ1n) is 15.0. The van der Waals surface area contributed by atoms with Gasteiger partial charge in [-0.25, -0.2) is 0 Å². The van der Waals surface area contributed by atoms with Crippen LogP contribution in [0.4, 0.5) is 17.6 Å². The van der Waals surface area contributed by atoms with Crippen LogP contribution in [0.3, 0.4) is 0 Å². The summed E-state index contributed by atoms with van der Waals surface area (Å²) in [4.78, 5) is -0.586. The second-order valence-electron chi connectivity index (χ2n) is 11.6. The van der Waals surface area contributed by atoms with Crippen LogP contribution in [0, 0.1) is 37.1 Å². The molecule has 2 aliphatic carbocycles. The van der Waals surface area contributed by atoms with E-state index in [1.165, 1.54) is 60.7 Å². The van der Waals surface area contributed by atoms with E-state index < -0.39 is 79.3 Å². The zero-order valence-corrected chi connectivity index (χ0v) is 29.3. The topological polar surface area (TPSA) is 86.7 Å². The fraction of sp³-hybridized carbons (Fsp3) is 0.111. The number of benzene rings is 4. The summed E-state index contributed by atoms with van der Waals surface area (Å²) < 4.78 is 129. The minimum absolute atomic E-state index is 0.0641. The van der Waals surface area contributed by atoms with E-state index in [1.54, 1.807) is 38.2 Å². The second-order valence-corrected chi connectivity index (χ2v) is 20.6. The molecule has 0 atom stereocenters. The minimum atomic E-state index is -5.50. The van der Waals surface area contributed by atoms with Crippen molar-refractivity contribution in [2.45, 2.75) is 36.5 Å². The van der Waals surface area contributed by atoms with Gasteiger partial charge in [0.05, 0.1) is 0 Å². The standard InChI is InChI=1S/2C13H9F2O3S.2C5H5.Ti/c2*1-9-2-5-11(6-3-9)19(16,17)18-13-7-4-10(14)8-12(13)15;2*1-2-4-5-3-1;/h2*2-7H,1H3;2*1-3H,4H2;. The van der Waals surface area contributed by atoms with E-state index in [1.807, 2.05) is 0 Å². The van der Waals surface area contributed by atoms with E-state index in [0.717, 1.165) is 35.4 Å². The molecule has 0 N–H and O–H groups in total. The normalized spacial score (nSPS) is 14.6. The molecule has 0 heterocycles. The molecular formula is C36H28F4O6S2Ti. The first-order chi connectivity index (χ1) is 23.3. The maximum absolute atomic E-state index is 17.0. The quantitative estimate of drug-likeness (QED) is 0.0972. The third-order valence-corrected chi connectivity index (χ3v) is 18.8. The number of hydrogen-bond donors (Lipinski definition) is 0. The fourth-order valence-corrected chi connectivity index (χ4v) is 16.1. The summed E-state index contributed by atoms with van der Waals surface area (Å²) in [6.07, 6.45) is 9.70. The molecule has 4 aromatic carbocycles. The van der Waals surface area contributed by atoms with Gasteiger partial charge in [-0.15, -0.1) is 0 Å². The number of rotatable bonds is 10. The van der Waals surface area contributed by atoms with Crippen LogP contribution in [0.1, 0.15) is 24.0 Å². The Bertz CT molecular complexity index is 2150. The first kappa shape index (κ1) is 34.6. The maximum atomic E-state index is 17.0. The van der Waals surface area contributed by atoms with Crippen LogP contribution >= 0.6 is 0 Å². The number of allylic oxidation sites excluding steroid dienone is 8. The van der Waals surface area contributed by atoms with Crippen LogP contribution in [-0.4, -0.2) is 16.8 Å². The van der Waals surface area contributed by atoms with Crippen LogP contribution in [0.5, 0.6) is 11.5 Å². The van der Waals surface area contributed by atoms with E-state index in [2.05, 4.69) is 0 Å². The summed E-state index contributed by atoms with van der Waals surface area (Å²) in [5, 5.41) is 0. The van der Waals surface area contributed by atoms with Crippen molar-refractivity contribution in [3.8, 4) is 11.5 Å². The SMILES string of the molecule is Cc1ccc(S(=O)(=O)Oc2ccc(F)[c]([Ti]([C]3=CC=CC3)([C]3=CC=CC3)[c]3c(F)ccc(OS(=O)(=O)c4ccc(C)cc4)c3F)c2F)cc1. The summed E-state index contributed by atoms with van der Waals surface area (Å²) >= 11 is -5.50. The van der Waals surface area contributed by atoms with E-state index in [-0.39, 0.29) is 22.6 Å². The van der Waals surface area contributed by atoms with Gasteiger partial charge in [-0.3, -0.25) is 0 Å². The number of aryl methyl sites for hydroxylation is 2. The van der Waals surface area contributed by atoms with Crippen molar-refractivity contribution in [2.24, 2.45) is 0 Å². The molecule has 0 saturated heterocycles. The number of hydrogen-bond acceptors (Lipinski definition) is 6. The van der Waals surface area contributed by atoms with Crippen molar-refractivity contribution in [1.82, 2.24) is 0 Å². The zero-order chi connectivity index (χ0) is 35.1. The molecule has 252 valence electrons. The van der Waals surface area contributed by atoms with Gasteiger partial charge in [0.1, 0.15) is 0 Å². The average molecular weight is 745 g/mol. The summed E-state index contributed by atoms with van der Waals surface area (Å²) in [6, 6.07) is 14.3. The van der Waals surface area contributed by atoms with Gasteiger partial charge in [0.15, 0.2) is 0 Å². The summed E-state index contributed by atoms with van der Waals surface area (Å²) in [7, 11) is -9.27. The van der Waals surface area contributed by atoms with Gasteiger partial charge in [-0.05, 0) is 0 Å². The van der Waals surface area contributed by atoms with Crippen LogP contribution < -0.4 is 16.1 Å². The Morgan fingerprint density at radius 3 is 1.24 bits per heavy atom. The van der Waals surface area contributed by atoms with Gasteiger partial charge in [0.25, 0.3) is 0 Å². The first-order valence-corrected chi connectivity index (χ1v) is 20.9. The molecular weight excluding hydrogens is 716 g/mol. The van der Waals surface area contributed by atoms with E-state index in [0.29, 0.717) is 7.76 Å². The van der Waals surface area contributed by atoms with Crippen molar-refractivity contribution < 1.29 is 59.4 Å². The monoisotopic (exact) mass is 744 g/mol. The molecule has 4 aromatic rings. The van der Waals surface area contributed by atoms with Crippen LogP contribution in [0.25, 0.3) is 0 Å². The van der Waals surface area contributed by atoms with E-state index >= 15 is 17.6 Å². The molecule has 0 radical (unpaired) electrons. The predicted molar refractivity (Wildman–Crippen MR) is 174 cm³/mol. The third-order valence-electron chi connectivity index (χ3n) is 8.39. The Labute approximate surface area is 285 Å². The third kappa shape index (κ3) is 6.34. The molecule has 2 aliphatic rings. The molecule has 0 amide bonds. The Balaban J connectivity index is 1.60. The number of halogens is 4.